The first-order chi connectivity index (χ1) is 8.35. The van der Waals surface area contributed by atoms with Crippen LogP contribution in [0.25, 0.3) is 16.7 Å². The molecule has 0 atom stereocenters. The van der Waals surface area contributed by atoms with Gasteiger partial charge in [-0.15, -0.1) is 0 Å². The number of nitriles is 1. The van der Waals surface area contributed by atoms with Crippen LogP contribution in [-0.2, 0) is 0 Å². The Morgan fingerprint density at radius 1 is 0.941 bits per heavy atom. The molecule has 0 saturated carbocycles. The van der Waals surface area contributed by atoms with Gasteiger partial charge >= 0.3 is 0 Å². The Hall–Kier alpha value is -2.33. The van der Waals surface area contributed by atoms with Gasteiger partial charge in [0.2, 0.25) is 0 Å². The number of hydrogen-bond acceptors (Lipinski definition) is 1. The van der Waals surface area contributed by atoms with Gasteiger partial charge in [-0.1, -0.05) is 60.7 Å². The first-order valence-electron chi connectivity index (χ1n) is 5.57. The zero-order valence-electron chi connectivity index (χ0n) is 9.72. The maximum Gasteiger partial charge on any atom is 0.0994 e. The molecular formula is C16H13N. The monoisotopic (exact) mass is 219 g/mol. The molecule has 1 nitrogen and oxygen atoms in total. The molecule has 0 fully saturated rings. The summed E-state index contributed by atoms with van der Waals surface area (Å²) in [6, 6.07) is 20.5. The zero-order chi connectivity index (χ0) is 12.1. The highest BCUT2D eigenvalue weighted by molar-refractivity contribution is 5.78. The van der Waals surface area contributed by atoms with Gasteiger partial charge in [-0.2, -0.15) is 5.26 Å². The standard InChI is InChI=1S/C16H13N/c1-2-13(12-17)15-8-10-16(11-9-15)14-6-4-3-5-7-14/h2-11H,1H3/b13-2+. The number of allylic oxidation sites excluding steroid dienone is 2. The molecule has 0 saturated heterocycles. The summed E-state index contributed by atoms with van der Waals surface area (Å²) in [4.78, 5) is 0. The van der Waals surface area contributed by atoms with Crippen molar-refractivity contribution in [2.45, 2.75) is 6.92 Å². The molecular weight excluding hydrogens is 206 g/mol. The topological polar surface area (TPSA) is 23.8 Å². The predicted molar refractivity (Wildman–Crippen MR) is 71.1 cm³/mol. The van der Waals surface area contributed by atoms with Gasteiger partial charge in [0, 0.05) is 0 Å². The maximum atomic E-state index is 8.95. The average molecular weight is 219 g/mol. The molecule has 2 rings (SSSR count). The Kier molecular flexibility index (Phi) is 3.37. The van der Waals surface area contributed by atoms with Crippen LogP contribution in [0.4, 0.5) is 0 Å². The fraction of sp³-hybridized carbons (Fsp3) is 0.0625. The molecule has 0 aromatic heterocycles. The summed E-state index contributed by atoms with van der Waals surface area (Å²) in [6.45, 7) is 1.88. The molecule has 1 heteroatoms. The smallest absolute Gasteiger partial charge is 0.0994 e. The maximum absolute atomic E-state index is 8.95. The predicted octanol–water partition coefficient (Wildman–Crippen LogP) is 4.28. The van der Waals surface area contributed by atoms with E-state index in [1.807, 2.05) is 55.5 Å². The summed E-state index contributed by atoms with van der Waals surface area (Å²) < 4.78 is 0. The van der Waals surface area contributed by atoms with E-state index >= 15 is 0 Å². The molecule has 0 bridgehead atoms. The third kappa shape index (κ3) is 2.43. The summed E-state index contributed by atoms with van der Waals surface area (Å²) in [5, 5.41) is 8.95. The number of nitrogens with zero attached hydrogens (tertiary/aromatic N) is 1. The SMILES string of the molecule is C/C=C(\C#N)c1ccc(-c2ccccc2)cc1. The van der Waals surface area contributed by atoms with E-state index in [-0.39, 0.29) is 0 Å². The van der Waals surface area contributed by atoms with Gasteiger partial charge in [-0.25, -0.2) is 0 Å². The fourth-order valence-electron chi connectivity index (χ4n) is 1.77. The number of hydrogen-bond donors (Lipinski definition) is 0. The summed E-state index contributed by atoms with van der Waals surface area (Å²) in [6.07, 6.45) is 1.83. The molecule has 2 aromatic rings. The molecule has 0 unspecified atom stereocenters. The summed E-state index contributed by atoms with van der Waals surface area (Å²) in [5.74, 6) is 0. The van der Waals surface area contributed by atoms with Gasteiger partial charge in [0.15, 0.2) is 0 Å². The van der Waals surface area contributed by atoms with Crippen LogP contribution < -0.4 is 0 Å². The van der Waals surface area contributed by atoms with Gasteiger partial charge in [0.1, 0.15) is 0 Å². The lowest BCUT2D eigenvalue weighted by Crippen LogP contribution is -1.82. The molecule has 82 valence electrons. The molecule has 0 aliphatic heterocycles. The molecule has 0 N–H and O–H groups in total. The van der Waals surface area contributed by atoms with Crippen molar-refractivity contribution in [2.24, 2.45) is 0 Å². The number of benzene rings is 2. The molecule has 0 spiro atoms. The van der Waals surface area contributed by atoms with E-state index in [4.69, 9.17) is 5.26 Å². The minimum Gasteiger partial charge on any atom is -0.192 e. The normalized spacial score (nSPS) is 10.9. The highest BCUT2D eigenvalue weighted by Crippen LogP contribution is 2.21. The lowest BCUT2D eigenvalue weighted by molar-refractivity contribution is 1.51. The highest BCUT2D eigenvalue weighted by Gasteiger charge is 2.00. The number of rotatable bonds is 2. The van der Waals surface area contributed by atoms with Crippen LogP contribution in [0.15, 0.2) is 60.7 Å². The second kappa shape index (κ2) is 5.14. The van der Waals surface area contributed by atoms with Gasteiger partial charge in [0.25, 0.3) is 0 Å². The van der Waals surface area contributed by atoms with Crippen LogP contribution in [0.3, 0.4) is 0 Å². The summed E-state index contributed by atoms with van der Waals surface area (Å²) in [7, 11) is 0. The highest BCUT2D eigenvalue weighted by atomic mass is 14.2. The van der Waals surface area contributed by atoms with E-state index in [0.29, 0.717) is 5.57 Å². The van der Waals surface area contributed by atoms with Gasteiger partial charge < -0.3 is 0 Å². The fourth-order valence-corrected chi connectivity index (χ4v) is 1.77. The quantitative estimate of drug-likeness (QED) is 0.691. The minimum atomic E-state index is 0.713. The van der Waals surface area contributed by atoms with Gasteiger partial charge in [-0.3, -0.25) is 0 Å². The van der Waals surface area contributed by atoms with Crippen molar-refractivity contribution in [3.05, 3.63) is 66.2 Å². The molecule has 0 radical (unpaired) electrons. The molecule has 0 heterocycles. The van der Waals surface area contributed by atoms with E-state index in [1.54, 1.807) is 0 Å². The van der Waals surface area contributed by atoms with Crippen molar-refractivity contribution in [3.8, 4) is 17.2 Å². The third-order valence-corrected chi connectivity index (χ3v) is 2.71. The van der Waals surface area contributed by atoms with Crippen LogP contribution in [0.5, 0.6) is 0 Å². The van der Waals surface area contributed by atoms with Crippen molar-refractivity contribution in [3.63, 3.8) is 0 Å². The Labute approximate surface area is 102 Å². The molecule has 17 heavy (non-hydrogen) atoms. The van der Waals surface area contributed by atoms with E-state index in [2.05, 4.69) is 18.2 Å². The molecule has 0 amide bonds. The van der Waals surface area contributed by atoms with Crippen LogP contribution in [-0.4, -0.2) is 0 Å². The summed E-state index contributed by atoms with van der Waals surface area (Å²) in [5.41, 5.74) is 4.04. The zero-order valence-corrected chi connectivity index (χ0v) is 9.72. The Morgan fingerprint density at radius 2 is 1.53 bits per heavy atom. The van der Waals surface area contributed by atoms with Gasteiger partial charge in [0.05, 0.1) is 11.6 Å². The minimum absolute atomic E-state index is 0.713. The van der Waals surface area contributed by atoms with Crippen molar-refractivity contribution >= 4 is 5.57 Å². The van der Waals surface area contributed by atoms with Gasteiger partial charge in [-0.05, 0) is 23.6 Å². The van der Waals surface area contributed by atoms with Crippen molar-refractivity contribution in [2.75, 3.05) is 0 Å². The Balaban J connectivity index is 2.35. The molecule has 2 aromatic carbocycles. The average Bonchev–Trinajstić information content (AvgIpc) is 2.42. The van der Waals surface area contributed by atoms with E-state index in [9.17, 15) is 0 Å². The Morgan fingerprint density at radius 3 is 2.06 bits per heavy atom. The van der Waals surface area contributed by atoms with E-state index in [0.717, 1.165) is 5.56 Å². The van der Waals surface area contributed by atoms with Crippen molar-refractivity contribution in [1.29, 1.82) is 5.26 Å². The largest absolute Gasteiger partial charge is 0.192 e. The van der Waals surface area contributed by atoms with Crippen molar-refractivity contribution < 1.29 is 0 Å². The summed E-state index contributed by atoms with van der Waals surface area (Å²) >= 11 is 0. The first kappa shape index (κ1) is 11.2. The second-order valence-corrected chi connectivity index (χ2v) is 3.76. The first-order valence-corrected chi connectivity index (χ1v) is 5.57. The Bertz CT molecular complexity index is 557. The molecule has 0 aliphatic rings. The lowest BCUT2D eigenvalue weighted by Gasteiger charge is -2.03. The van der Waals surface area contributed by atoms with Crippen LogP contribution in [0.2, 0.25) is 0 Å². The van der Waals surface area contributed by atoms with E-state index in [1.165, 1.54) is 11.1 Å². The van der Waals surface area contributed by atoms with Crippen molar-refractivity contribution in [1.82, 2.24) is 0 Å². The van der Waals surface area contributed by atoms with Crippen LogP contribution in [0, 0.1) is 11.3 Å². The van der Waals surface area contributed by atoms with E-state index < -0.39 is 0 Å². The second-order valence-electron chi connectivity index (χ2n) is 3.76. The van der Waals surface area contributed by atoms with Crippen LogP contribution >= 0.6 is 0 Å². The molecule has 0 aliphatic carbocycles. The van der Waals surface area contributed by atoms with Crippen LogP contribution in [0.1, 0.15) is 12.5 Å². The third-order valence-electron chi connectivity index (χ3n) is 2.71. The lowest BCUT2D eigenvalue weighted by atomic mass is 10.0.